The van der Waals surface area contributed by atoms with E-state index in [0.717, 1.165) is 11.4 Å². The molecule has 0 N–H and O–H groups in total. The summed E-state index contributed by atoms with van der Waals surface area (Å²) in [7, 11) is 0. The molecule has 0 aliphatic heterocycles. The van der Waals surface area contributed by atoms with Gasteiger partial charge in [0, 0.05) is 12.2 Å². The molecular formula is C10H16N2O. The van der Waals surface area contributed by atoms with E-state index in [2.05, 4.69) is 4.98 Å². The standard InChI is InChI=1S/C10H16N2O/c1-5-12-8(4)6-9(7(2)3)11-10(12)13/h6-7H,5H2,1-4H3. The van der Waals surface area contributed by atoms with Crippen molar-refractivity contribution in [2.24, 2.45) is 0 Å². The van der Waals surface area contributed by atoms with Crippen molar-refractivity contribution in [1.82, 2.24) is 9.55 Å². The molecule has 0 radical (unpaired) electrons. The SMILES string of the molecule is CCn1c(C)cc(C(C)C)nc1=O. The molecule has 0 fully saturated rings. The summed E-state index contributed by atoms with van der Waals surface area (Å²) in [6.45, 7) is 8.66. The first kappa shape index (κ1) is 9.96. The third-order valence-electron chi connectivity index (χ3n) is 2.15. The van der Waals surface area contributed by atoms with Crippen LogP contribution < -0.4 is 5.69 Å². The summed E-state index contributed by atoms with van der Waals surface area (Å²) in [5.74, 6) is 0.318. The van der Waals surface area contributed by atoms with Gasteiger partial charge in [0.05, 0.1) is 5.69 Å². The highest BCUT2D eigenvalue weighted by Crippen LogP contribution is 2.10. The Morgan fingerprint density at radius 3 is 2.54 bits per heavy atom. The summed E-state index contributed by atoms with van der Waals surface area (Å²) in [6.07, 6.45) is 0. The minimum atomic E-state index is -0.133. The number of hydrogen-bond acceptors (Lipinski definition) is 2. The molecule has 0 unspecified atom stereocenters. The van der Waals surface area contributed by atoms with Crippen LogP contribution in [0.4, 0.5) is 0 Å². The van der Waals surface area contributed by atoms with Gasteiger partial charge >= 0.3 is 5.69 Å². The molecule has 0 aliphatic carbocycles. The number of rotatable bonds is 2. The van der Waals surface area contributed by atoms with Gasteiger partial charge in [-0.15, -0.1) is 0 Å². The number of aryl methyl sites for hydroxylation is 1. The topological polar surface area (TPSA) is 34.9 Å². The van der Waals surface area contributed by atoms with Crippen molar-refractivity contribution in [3.63, 3.8) is 0 Å². The van der Waals surface area contributed by atoms with Crippen molar-refractivity contribution >= 4 is 0 Å². The van der Waals surface area contributed by atoms with Gasteiger partial charge in [0.25, 0.3) is 0 Å². The molecule has 3 heteroatoms. The molecule has 1 aromatic rings. The molecule has 13 heavy (non-hydrogen) atoms. The van der Waals surface area contributed by atoms with Gasteiger partial charge in [0.2, 0.25) is 0 Å². The van der Waals surface area contributed by atoms with E-state index < -0.39 is 0 Å². The Morgan fingerprint density at radius 2 is 2.15 bits per heavy atom. The quantitative estimate of drug-likeness (QED) is 0.694. The molecule has 72 valence electrons. The van der Waals surface area contributed by atoms with Gasteiger partial charge in [0.15, 0.2) is 0 Å². The fourth-order valence-corrected chi connectivity index (χ4v) is 1.33. The van der Waals surface area contributed by atoms with E-state index in [1.807, 2.05) is 33.8 Å². The third-order valence-corrected chi connectivity index (χ3v) is 2.15. The van der Waals surface area contributed by atoms with Gasteiger partial charge in [0.1, 0.15) is 0 Å². The smallest absolute Gasteiger partial charge is 0.297 e. The Balaban J connectivity index is 3.29. The highest BCUT2D eigenvalue weighted by molar-refractivity contribution is 5.11. The van der Waals surface area contributed by atoms with Gasteiger partial charge < -0.3 is 0 Å². The second kappa shape index (κ2) is 3.73. The maximum atomic E-state index is 11.4. The molecule has 3 nitrogen and oxygen atoms in total. The Labute approximate surface area is 78.4 Å². The van der Waals surface area contributed by atoms with Crippen LogP contribution in [0.5, 0.6) is 0 Å². The minimum absolute atomic E-state index is 0.133. The van der Waals surface area contributed by atoms with Crippen molar-refractivity contribution in [2.45, 2.75) is 40.2 Å². The first-order valence-electron chi connectivity index (χ1n) is 4.64. The summed E-state index contributed by atoms with van der Waals surface area (Å²) in [5.41, 5.74) is 1.74. The predicted molar refractivity (Wildman–Crippen MR) is 53.0 cm³/mol. The summed E-state index contributed by atoms with van der Waals surface area (Å²) in [6, 6.07) is 1.98. The van der Waals surface area contributed by atoms with Crippen LogP contribution in [0.25, 0.3) is 0 Å². The average molecular weight is 180 g/mol. The molecule has 0 aliphatic rings. The third kappa shape index (κ3) is 1.97. The minimum Gasteiger partial charge on any atom is -0.297 e. The van der Waals surface area contributed by atoms with Gasteiger partial charge in [-0.2, -0.15) is 4.98 Å². The lowest BCUT2D eigenvalue weighted by molar-refractivity contribution is 0.653. The molecular weight excluding hydrogens is 164 g/mol. The molecule has 0 bridgehead atoms. The van der Waals surface area contributed by atoms with Crippen molar-refractivity contribution in [3.05, 3.63) is 27.9 Å². The number of nitrogens with zero attached hydrogens (tertiary/aromatic N) is 2. The lowest BCUT2D eigenvalue weighted by atomic mass is 10.1. The molecule has 0 spiro atoms. The van der Waals surface area contributed by atoms with Crippen LogP contribution in [0.15, 0.2) is 10.9 Å². The van der Waals surface area contributed by atoms with Crippen LogP contribution in [0.3, 0.4) is 0 Å². The van der Waals surface area contributed by atoms with Crippen LogP contribution >= 0.6 is 0 Å². The van der Waals surface area contributed by atoms with Crippen molar-refractivity contribution in [1.29, 1.82) is 0 Å². The molecule has 1 heterocycles. The van der Waals surface area contributed by atoms with E-state index in [0.29, 0.717) is 12.5 Å². The van der Waals surface area contributed by atoms with E-state index in [1.54, 1.807) is 4.57 Å². The number of aromatic nitrogens is 2. The van der Waals surface area contributed by atoms with E-state index >= 15 is 0 Å². The zero-order valence-electron chi connectivity index (χ0n) is 8.66. The molecule has 1 aromatic heterocycles. The Bertz CT molecular complexity index is 352. The highest BCUT2D eigenvalue weighted by atomic mass is 16.1. The van der Waals surface area contributed by atoms with E-state index in [4.69, 9.17) is 0 Å². The second-order valence-corrected chi connectivity index (χ2v) is 3.50. The maximum Gasteiger partial charge on any atom is 0.347 e. The van der Waals surface area contributed by atoms with Crippen LogP contribution in [-0.2, 0) is 6.54 Å². The summed E-state index contributed by atoms with van der Waals surface area (Å²) in [5, 5.41) is 0. The van der Waals surface area contributed by atoms with Crippen LogP contribution in [0.1, 0.15) is 38.1 Å². The fraction of sp³-hybridized carbons (Fsp3) is 0.600. The summed E-state index contributed by atoms with van der Waals surface area (Å²) in [4.78, 5) is 15.5. The van der Waals surface area contributed by atoms with E-state index in [1.165, 1.54) is 0 Å². The molecule has 0 amide bonds. The zero-order valence-corrected chi connectivity index (χ0v) is 8.66. The number of hydrogen-bond donors (Lipinski definition) is 0. The first-order chi connectivity index (χ1) is 6.06. The average Bonchev–Trinajstić information content (AvgIpc) is 2.03. The summed E-state index contributed by atoms with van der Waals surface area (Å²) >= 11 is 0. The van der Waals surface area contributed by atoms with Crippen LogP contribution in [0.2, 0.25) is 0 Å². The van der Waals surface area contributed by atoms with Crippen LogP contribution in [0, 0.1) is 6.92 Å². The zero-order chi connectivity index (χ0) is 10.0. The predicted octanol–water partition coefficient (Wildman–Crippen LogP) is 1.70. The fourth-order valence-electron chi connectivity index (χ4n) is 1.33. The first-order valence-corrected chi connectivity index (χ1v) is 4.64. The highest BCUT2D eigenvalue weighted by Gasteiger charge is 2.05. The van der Waals surface area contributed by atoms with Crippen molar-refractivity contribution in [3.8, 4) is 0 Å². The molecule has 1 rings (SSSR count). The largest absolute Gasteiger partial charge is 0.347 e. The van der Waals surface area contributed by atoms with E-state index in [-0.39, 0.29) is 5.69 Å². The lowest BCUT2D eigenvalue weighted by Crippen LogP contribution is -2.25. The van der Waals surface area contributed by atoms with Gasteiger partial charge in [-0.05, 0) is 25.8 Å². The van der Waals surface area contributed by atoms with Crippen molar-refractivity contribution in [2.75, 3.05) is 0 Å². The Kier molecular flexibility index (Phi) is 2.86. The van der Waals surface area contributed by atoms with Gasteiger partial charge in [-0.25, -0.2) is 4.79 Å². The van der Waals surface area contributed by atoms with Crippen molar-refractivity contribution < 1.29 is 0 Å². The van der Waals surface area contributed by atoms with Gasteiger partial charge in [-0.3, -0.25) is 4.57 Å². The molecule has 0 saturated heterocycles. The molecule has 0 saturated carbocycles. The van der Waals surface area contributed by atoms with Gasteiger partial charge in [-0.1, -0.05) is 13.8 Å². The van der Waals surface area contributed by atoms with Crippen LogP contribution in [-0.4, -0.2) is 9.55 Å². The Hall–Kier alpha value is -1.12. The molecule has 0 atom stereocenters. The monoisotopic (exact) mass is 180 g/mol. The van der Waals surface area contributed by atoms with E-state index in [9.17, 15) is 4.79 Å². The normalized spacial score (nSPS) is 10.8. The Morgan fingerprint density at radius 1 is 1.54 bits per heavy atom. The lowest BCUT2D eigenvalue weighted by Gasteiger charge is -2.09. The summed E-state index contributed by atoms with van der Waals surface area (Å²) < 4.78 is 1.67. The second-order valence-electron chi connectivity index (χ2n) is 3.50. The molecule has 0 aromatic carbocycles. The maximum absolute atomic E-state index is 11.4.